The van der Waals surface area contributed by atoms with Gasteiger partial charge in [0.25, 0.3) is 0 Å². The van der Waals surface area contributed by atoms with E-state index in [-0.39, 0.29) is 24.8 Å². The van der Waals surface area contributed by atoms with Crippen LogP contribution in [-0.2, 0) is 0 Å². The van der Waals surface area contributed by atoms with Crippen LogP contribution in [0.4, 0.5) is 0 Å². The summed E-state index contributed by atoms with van der Waals surface area (Å²) in [5, 5.41) is 3.45. The Labute approximate surface area is 163 Å². The Morgan fingerprint density at radius 2 is 1.52 bits per heavy atom. The zero-order valence-electron chi connectivity index (χ0n) is 15.2. The van der Waals surface area contributed by atoms with Crippen LogP contribution in [0.15, 0.2) is 12.1 Å². The van der Waals surface area contributed by atoms with E-state index >= 15 is 0 Å². The van der Waals surface area contributed by atoms with Crippen molar-refractivity contribution in [2.75, 3.05) is 47.5 Å². The number of hydrogen-bond acceptors (Lipinski definition) is 5. The topological polar surface area (TPSA) is 43.0 Å². The zero-order valence-corrected chi connectivity index (χ0v) is 16.9. The molecule has 5 nitrogen and oxygen atoms in total. The third kappa shape index (κ3) is 4.64. The number of rotatable bonds is 6. The van der Waals surface area contributed by atoms with Gasteiger partial charge in [-0.05, 0) is 36.5 Å². The van der Waals surface area contributed by atoms with Gasteiger partial charge in [0.15, 0.2) is 11.5 Å². The molecule has 2 fully saturated rings. The van der Waals surface area contributed by atoms with E-state index < -0.39 is 0 Å². The summed E-state index contributed by atoms with van der Waals surface area (Å²) < 4.78 is 16.6. The molecule has 1 aromatic rings. The number of benzene rings is 1. The fourth-order valence-corrected chi connectivity index (χ4v) is 3.77. The van der Waals surface area contributed by atoms with Crippen LogP contribution in [0.1, 0.15) is 30.9 Å². The van der Waals surface area contributed by atoms with Gasteiger partial charge in [0.2, 0.25) is 5.75 Å². The Morgan fingerprint density at radius 1 is 0.960 bits per heavy atom. The van der Waals surface area contributed by atoms with E-state index in [1.807, 2.05) is 0 Å². The number of nitrogens with one attached hydrogen (secondary N) is 1. The van der Waals surface area contributed by atoms with Crippen molar-refractivity contribution >= 4 is 24.8 Å². The van der Waals surface area contributed by atoms with Crippen molar-refractivity contribution in [3.63, 3.8) is 0 Å². The first-order valence-electron chi connectivity index (χ1n) is 8.53. The van der Waals surface area contributed by atoms with Crippen molar-refractivity contribution in [2.24, 2.45) is 5.92 Å². The summed E-state index contributed by atoms with van der Waals surface area (Å²) >= 11 is 0. The van der Waals surface area contributed by atoms with Gasteiger partial charge in [0.1, 0.15) is 0 Å². The molecule has 25 heavy (non-hydrogen) atoms. The second-order valence-electron chi connectivity index (χ2n) is 6.38. The molecule has 0 unspecified atom stereocenters. The zero-order chi connectivity index (χ0) is 16.2. The highest BCUT2D eigenvalue weighted by molar-refractivity contribution is 5.85. The molecule has 7 heteroatoms. The Balaban J connectivity index is 0.00000156. The van der Waals surface area contributed by atoms with Gasteiger partial charge in [-0.1, -0.05) is 6.42 Å². The molecule has 0 bridgehead atoms. The second kappa shape index (κ2) is 10.3. The summed E-state index contributed by atoms with van der Waals surface area (Å²) in [5.74, 6) is 2.91. The molecule has 1 saturated carbocycles. The minimum Gasteiger partial charge on any atom is -0.493 e. The SMILES string of the molecule is COc1cc([C@@H](C2CCC2)N2CCNCC2)cc(OC)c1OC.Cl.Cl. The van der Waals surface area contributed by atoms with Crippen LogP contribution in [0.5, 0.6) is 17.2 Å². The van der Waals surface area contributed by atoms with Gasteiger partial charge < -0.3 is 19.5 Å². The first-order chi connectivity index (χ1) is 11.3. The van der Waals surface area contributed by atoms with E-state index in [2.05, 4.69) is 22.3 Å². The Bertz CT molecular complexity index is 510. The van der Waals surface area contributed by atoms with Crippen molar-refractivity contribution < 1.29 is 14.2 Å². The van der Waals surface area contributed by atoms with Crippen molar-refractivity contribution in [2.45, 2.75) is 25.3 Å². The minimum absolute atomic E-state index is 0. The third-order valence-electron chi connectivity index (χ3n) is 5.17. The van der Waals surface area contributed by atoms with Crippen LogP contribution in [0.2, 0.25) is 0 Å². The van der Waals surface area contributed by atoms with Crippen LogP contribution >= 0.6 is 24.8 Å². The van der Waals surface area contributed by atoms with E-state index in [9.17, 15) is 0 Å². The van der Waals surface area contributed by atoms with E-state index in [0.717, 1.165) is 43.6 Å². The molecule has 1 aliphatic heterocycles. The Kier molecular flexibility index (Phi) is 9.14. The van der Waals surface area contributed by atoms with Gasteiger partial charge in [-0.2, -0.15) is 0 Å². The van der Waals surface area contributed by atoms with E-state index in [1.165, 1.54) is 24.8 Å². The molecule has 2 aliphatic rings. The number of methoxy groups -OCH3 is 3. The Hall–Kier alpha value is -0.880. The monoisotopic (exact) mass is 392 g/mol. The predicted molar refractivity (Wildman–Crippen MR) is 105 cm³/mol. The van der Waals surface area contributed by atoms with E-state index in [1.54, 1.807) is 21.3 Å². The molecule has 144 valence electrons. The summed E-state index contributed by atoms with van der Waals surface area (Å²) in [4.78, 5) is 2.61. The molecule has 1 heterocycles. The molecular formula is C18H30Cl2N2O3. The van der Waals surface area contributed by atoms with E-state index in [4.69, 9.17) is 14.2 Å². The van der Waals surface area contributed by atoms with Crippen LogP contribution < -0.4 is 19.5 Å². The maximum Gasteiger partial charge on any atom is 0.203 e. The third-order valence-corrected chi connectivity index (χ3v) is 5.17. The predicted octanol–water partition coefficient (Wildman–Crippen LogP) is 3.30. The standard InChI is InChI=1S/C18H28N2O3.2ClH/c1-21-15-11-14(12-16(22-2)18(15)23-3)17(13-5-4-6-13)20-9-7-19-8-10-20;;/h11-13,17,19H,4-10H2,1-3H3;2*1H/t17-;;/m1../s1. The maximum atomic E-state index is 5.55. The average Bonchev–Trinajstić information content (AvgIpc) is 2.57. The number of hydrogen-bond donors (Lipinski definition) is 1. The molecule has 1 atom stereocenters. The van der Waals surface area contributed by atoms with Crippen LogP contribution in [0, 0.1) is 5.92 Å². The summed E-state index contributed by atoms with van der Waals surface area (Å²) in [5.41, 5.74) is 1.28. The molecule has 1 saturated heterocycles. The number of ether oxygens (including phenoxy) is 3. The maximum absolute atomic E-state index is 5.55. The van der Waals surface area contributed by atoms with Crippen molar-refractivity contribution in [3.8, 4) is 17.2 Å². The fraction of sp³-hybridized carbons (Fsp3) is 0.667. The molecule has 0 spiro atoms. The number of nitrogens with zero attached hydrogens (tertiary/aromatic N) is 1. The van der Waals surface area contributed by atoms with Gasteiger partial charge >= 0.3 is 0 Å². The van der Waals surface area contributed by atoms with Gasteiger partial charge in [0, 0.05) is 32.2 Å². The largest absolute Gasteiger partial charge is 0.493 e. The van der Waals surface area contributed by atoms with Gasteiger partial charge in [-0.15, -0.1) is 24.8 Å². The highest BCUT2D eigenvalue weighted by Gasteiger charge is 2.34. The highest BCUT2D eigenvalue weighted by Crippen LogP contribution is 2.46. The van der Waals surface area contributed by atoms with Crippen molar-refractivity contribution in [1.29, 1.82) is 0 Å². The summed E-state index contributed by atoms with van der Waals surface area (Å²) in [6.07, 6.45) is 3.97. The molecule has 3 rings (SSSR count). The lowest BCUT2D eigenvalue weighted by Crippen LogP contribution is -2.47. The quantitative estimate of drug-likeness (QED) is 0.804. The highest BCUT2D eigenvalue weighted by atomic mass is 35.5. The van der Waals surface area contributed by atoms with Crippen molar-refractivity contribution in [1.82, 2.24) is 10.2 Å². The first-order valence-corrected chi connectivity index (χ1v) is 8.53. The molecular weight excluding hydrogens is 363 g/mol. The number of halogens is 2. The molecule has 0 amide bonds. The second-order valence-corrected chi connectivity index (χ2v) is 6.38. The summed E-state index contributed by atoms with van der Waals surface area (Å²) in [6, 6.07) is 4.71. The molecule has 0 aromatic heterocycles. The molecule has 0 radical (unpaired) electrons. The lowest BCUT2D eigenvalue weighted by Gasteiger charge is -2.43. The molecule has 1 aliphatic carbocycles. The van der Waals surface area contributed by atoms with E-state index in [0.29, 0.717) is 11.8 Å². The normalized spacial score (nSPS) is 19.0. The molecule has 1 aromatic carbocycles. The lowest BCUT2D eigenvalue weighted by molar-refractivity contribution is 0.0833. The van der Waals surface area contributed by atoms with Gasteiger partial charge in [0.05, 0.1) is 21.3 Å². The van der Waals surface area contributed by atoms with Crippen LogP contribution in [-0.4, -0.2) is 52.4 Å². The minimum atomic E-state index is 0. The van der Waals surface area contributed by atoms with Crippen molar-refractivity contribution in [3.05, 3.63) is 17.7 Å². The van der Waals surface area contributed by atoms with Crippen LogP contribution in [0.25, 0.3) is 0 Å². The average molecular weight is 393 g/mol. The summed E-state index contributed by atoms with van der Waals surface area (Å²) in [7, 11) is 5.02. The first kappa shape index (κ1) is 22.2. The van der Waals surface area contributed by atoms with Crippen LogP contribution in [0.3, 0.4) is 0 Å². The smallest absolute Gasteiger partial charge is 0.203 e. The molecule has 1 N–H and O–H groups in total. The van der Waals surface area contributed by atoms with Gasteiger partial charge in [-0.25, -0.2) is 0 Å². The Morgan fingerprint density at radius 3 is 1.92 bits per heavy atom. The van der Waals surface area contributed by atoms with Gasteiger partial charge in [-0.3, -0.25) is 4.90 Å². The number of piperazine rings is 1. The fourth-order valence-electron chi connectivity index (χ4n) is 3.77. The summed E-state index contributed by atoms with van der Waals surface area (Å²) in [6.45, 7) is 4.32. The lowest BCUT2D eigenvalue weighted by atomic mass is 9.76.